The fourth-order valence-electron chi connectivity index (χ4n) is 2.22. The predicted octanol–water partition coefficient (Wildman–Crippen LogP) is 1.96. The van der Waals surface area contributed by atoms with Crippen molar-refractivity contribution in [1.29, 1.82) is 0 Å². The standard InChI is InChI=1S/C16H20N2O4/c1-3-16(21-13-14-5-9-22-17-14)4-2-15(1)20-12-8-18-6-10-19-11-7-18/h1-5,9H,6-8,10-13H2. The Kier molecular flexibility index (Phi) is 5.28. The molecule has 6 nitrogen and oxygen atoms in total. The maximum atomic E-state index is 5.75. The molecule has 1 aromatic heterocycles. The molecule has 3 rings (SSSR count). The van der Waals surface area contributed by atoms with Gasteiger partial charge in [-0.25, -0.2) is 0 Å². The SMILES string of the molecule is c1cc(COc2ccc(OCCN3CCOCC3)cc2)no1. The fourth-order valence-corrected chi connectivity index (χ4v) is 2.22. The molecule has 6 heteroatoms. The Bertz CT molecular complexity index is 536. The van der Waals surface area contributed by atoms with Crippen molar-refractivity contribution in [3.05, 3.63) is 42.3 Å². The molecule has 1 saturated heterocycles. The van der Waals surface area contributed by atoms with E-state index in [0.717, 1.165) is 50.0 Å². The van der Waals surface area contributed by atoms with E-state index in [9.17, 15) is 0 Å². The highest BCUT2D eigenvalue weighted by Crippen LogP contribution is 2.18. The van der Waals surface area contributed by atoms with Gasteiger partial charge >= 0.3 is 0 Å². The zero-order valence-corrected chi connectivity index (χ0v) is 12.4. The number of hydrogen-bond acceptors (Lipinski definition) is 6. The molecular weight excluding hydrogens is 284 g/mol. The van der Waals surface area contributed by atoms with Gasteiger partial charge in [0.05, 0.1) is 13.2 Å². The van der Waals surface area contributed by atoms with Crippen LogP contribution in [0.1, 0.15) is 5.69 Å². The monoisotopic (exact) mass is 304 g/mol. The van der Waals surface area contributed by atoms with Gasteiger partial charge < -0.3 is 18.7 Å². The topological polar surface area (TPSA) is 57.0 Å². The van der Waals surface area contributed by atoms with E-state index in [1.807, 2.05) is 24.3 Å². The minimum Gasteiger partial charge on any atom is -0.492 e. The number of nitrogens with zero attached hydrogens (tertiary/aromatic N) is 2. The quantitative estimate of drug-likeness (QED) is 0.779. The molecule has 1 fully saturated rings. The average Bonchev–Trinajstić information content (AvgIpc) is 3.09. The van der Waals surface area contributed by atoms with Gasteiger partial charge in [-0.05, 0) is 24.3 Å². The van der Waals surface area contributed by atoms with E-state index in [-0.39, 0.29) is 0 Å². The highest BCUT2D eigenvalue weighted by Gasteiger charge is 2.09. The second kappa shape index (κ2) is 7.82. The normalized spacial score (nSPS) is 15.6. The minimum absolute atomic E-state index is 0.397. The molecule has 0 bridgehead atoms. The number of benzene rings is 1. The molecule has 0 spiro atoms. The van der Waals surface area contributed by atoms with E-state index in [1.165, 1.54) is 6.26 Å². The van der Waals surface area contributed by atoms with Gasteiger partial charge in [-0.15, -0.1) is 0 Å². The van der Waals surface area contributed by atoms with Crippen molar-refractivity contribution < 1.29 is 18.7 Å². The van der Waals surface area contributed by atoms with Crippen molar-refractivity contribution >= 4 is 0 Å². The van der Waals surface area contributed by atoms with Crippen LogP contribution < -0.4 is 9.47 Å². The fraction of sp³-hybridized carbons (Fsp3) is 0.438. The second-order valence-electron chi connectivity index (χ2n) is 5.05. The van der Waals surface area contributed by atoms with Gasteiger partial charge in [-0.2, -0.15) is 0 Å². The van der Waals surface area contributed by atoms with Crippen LogP contribution in [0.4, 0.5) is 0 Å². The van der Waals surface area contributed by atoms with Gasteiger partial charge in [0.1, 0.15) is 36.7 Å². The summed E-state index contributed by atoms with van der Waals surface area (Å²) in [7, 11) is 0. The average molecular weight is 304 g/mol. The molecule has 1 aromatic carbocycles. The van der Waals surface area contributed by atoms with Crippen molar-refractivity contribution in [1.82, 2.24) is 10.1 Å². The highest BCUT2D eigenvalue weighted by atomic mass is 16.5. The van der Waals surface area contributed by atoms with Crippen molar-refractivity contribution in [2.24, 2.45) is 0 Å². The summed E-state index contributed by atoms with van der Waals surface area (Å²) < 4.78 is 21.4. The zero-order chi connectivity index (χ0) is 15.0. The number of hydrogen-bond donors (Lipinski definition) is 0. The Balaban J connectivity index is 1.39. The van der Waals surface area contributed by atoms with Gasteiger partial charge in [0.25, 0.3) is 0 Å². The summed E-state index contributed by atoms with van der Waals surface area (Å²) >= 11 is 0. The molecule has 2 heterocycles. The van der Waals surface area contributed by atoms with E-state index in [1.54, 1.807) is 6.07 Å². The summed E-state index contributed by atoms with van der Waals surface area (Å²) in [6.45, 7) is 5.60. The Hall–Kier alpha value is -2.05. The summed E-state index contributed by atoms with van der Waals surface area (Å²) in [5.41, 5.74) is 0.769. The van der Waals surface area contributed by atoms with Gasteiger partial charge in [-0.1, -0.05) is 5.16 Å². The number of ether oxygens (including phenoxy) is 3. The first-order valence-corrected chi connectivity index (χ1v) is 7.45. The predicted molar refractivity (Wildman–Crippen MR) is 80.0 cm³/mol. The van der Waals surface area contributed by atoms with Crippen molar-refractivity contribution in [2.75, 3.05) is 39.5 Å². The zero-order valence-electron chi connectivity index (χ0n) is 12.4. The first-order valence-electron chi connectivity index (χ1n) is 7.45. The summed E-state index contributed by atoms with van der Waals surface area (Å²) in [6.07, 6.45) is 1.53. The molecular formula is C16H20N2O4. The Morgan fingerprint density at radius 3 is 2.41 bits per heavy atom. The van der Waals surface area contributed by atoms with E-state index >= 15 is 0 Å². The summed E-state index contributed by atoms with van der Waals surface area (Å²) in [4.78, 5) is 2.35. The van der Waals surface area contributed by atoms with Gasteiger partial charge in [0, 0.05) is 25.7 Å². The minimum atomic E-state index is 0.397. The molecule has 1 aliphatic rings. The van der Waals surface area contributed by atoms with Crippen molar-refractivity contribution in [3.8, 4) is 11.5 Å². The third kappa shape index (κ3) is 4.47. The third-order valence-electron chi connectivity index (χ3n) is 3.48. The highest BCUT2D eigenvalue weighted by molar-refractivity contribution is 5.31. The Labute approximate surface area is 129 Å². The van der Waals surface area contributed by atoms with Crippen molar-refractivity contribution in [3.63, 3.8) is 0 Å². The van der Waals surface area contributed by atoms with E-state index in [2.05, 4.69) is 10.1 Å². The Morgan fingerprint density at radius 1 is 1.00 bits per heavy atom. The van der Waals surface area contributed by atoms with Crippen LogP contribution in [-0.2, 0) is 11.3 Å². The molecule has 1 aliphatic heterocycles. The van der Waals surface area contributed by atoms with Crippen LogP contribution in [0.5, 0.6) is 11.5 Å². The molecule has 0 aliphatic carbocycles. The van der Waals surface area contributed by atoms with Gasteiger partial charge in [-0.3, -0.25) is 4.90 Å². The second-order valence-corrected chi connectivity index (χ2v) is 5.05. The molecule has 118 valence electrons. The van der Waals surface area contributed by atoms with E-state index in [0.29, 0.717) is 13.2 Å². The van der Waals surface area contributed by atoms with E-state index in [4.69, 9.17) is 18.7 Å². The lowest BCUT2D eigenvalue weighted by molar-refractivity contribution is 0.0322. The van der Waals surface area contributed by atoms with Crippen LogP contribution in [-0.4, -0.2) is 49.5 Å². The number of aromatic nitrogens is 1. The van der Waals surface area contributed by atoms with Crippen LogP contribution in [0.25, 0.3) is 0 Å². The molecule has 0 amide bonds. The van der Waals surface area contributed by atoms with Gasteiger partial charge in [0.2, 0.25) is 0 Å². The summed E-state index contributed by atoms with van der Waals surface area (Å²) in [5.74, 6) is 1.63. The van der Waals surface area contributed by atoms with E-state index < -0.39 is 0 Å². The molecule has 2 aromatic rings. The maximum Gasteiger partial charge on any atom is 0.134 e. The lowest BCUT2D eigenvalue weighted by Gasteiger charge is -2.26. The smallest absolute Gasteiger partial charge is 0.134 e. The molecule has 0 saturated carbocycles. The molecule has 0 unspecified atom stereocenters. The first kappa shape index (κ1) is 14.9. The number of morpholine rings is 1. The summed E-state index contributed by atoms with van der Waals surface area (Å²) in [6, 6.07) is 9.40. The molecule has 0 radical (unpaired) electrons. The van der Waals surface area contributed by atoms with Crippen LogP contribution in [0, 0.1) is 0 Å². The molecule has 22 heavy (non-hydrogen) atoms. The van der Waals surface area contributed by atoms with Crippen LogP contribution in [0.3, 0.4) is 0 Å². The van der Waals surface area contributed by atoms with Gasteiger partial charge in [0.15, 0.2) is 0 Å². The van der Waals surface area contributed by atoms with Crippen LogP contribution >= 0.6 is 0 Å². The lowest BCUT2D eigenvalue weighted by atomic mass is 10.3. The van der Waals surface area contributed by atoms with Crippen molar-refractivity contribution in [2.45, 2.75) is 6.61 Å². The largest absolute Gasteiger partial charge is 0.492 e. The lowest BCUT2D eigenvalue weighted by Crippen LogP contribution is -2.38. The molecule has 0 atom stereocenters. The first-order chi connectivity index (χ1) is 10.9. The molecule has 0 N–H and O–H groups in total. The maximum absolute atomic E-state index is 5.75. The summed E-state index contributed by atoms with van der Waals surface area (Å²) in [5, 5.41) is 3.80. The van der Waals surface area contributed by atoms with Crippen LogP contribution in [0.2, 0.25) is 0 Å². The Morgan fingerprint density at radius 2 is 1.73 bits per heavy atom. The number of rotatable bonds is 7. The third-order valence-corrected chi connectivity index (χ3v) is 3.48. The van der Waals surface area contributed by atoms with Crippen LogP contribution in [0.15, 0.2) is 41.1 Å².